The zero-order valence-corrected chi connectivity index (χ0v) is 22.8. The maximum Gasteiger partial charge on any atom is 0.415 e. The van der Waals surface area contributed by atoms with E-state index < -0.39 is 11.9 Å². The molecule has 2 saturated heterocycles. The predicted octanol–water partition coefficient (Wildman–Crippen LogP) is 5.09. The molecule has 5 rings (SSSR count). The summed E-state index contributed by atoms with van der Waals surface area (Å²) in [6.45, 7) is 2.17. The second-order valence-corrected chi connectivity index (χ2v) is 10.6. The first-order valence-corrected chi connectivity index (χ1v) is 13.6. The lowest BCUT2D eigenvalue weighted by atomic mass is 9.93. The third kappa shape index (κ3) is 6.02. The van der Waals surface area contributed by atoms with Crippen molar-refractivity contribution in [2.45, 2.75) is 24.8 Å². The number of nitrogens with zero attached hydrogens (tertiary/aromatic N) is 5. The Labute approximate surface area is 237 Å². The third-order valence-corrected chi connectivity index (χ3v) is 7.97. The van der Waals surface area contributed by atoms with E-state index in [1.54, 1.807) is 25.2 Å². The van der Waals surface area contributed by atoms with E-state index in [4.69, 9.17) is 21.6 Å². The van der Waals surface area contributed by atoms with Crippen molar-refractivity contribution in [1.29, 1.82) is 5.26 Å². The van der Waals surface area contributed by atoms with E-state index in [0.717, 1.165) is 11.4 Å². The van der Waals surface area contributed by atoms with Gasteiger partial charge in [-0.05, 0) is 66.9 Å². The highest BCUT2D eigenvalue weighted by molar-refractivity contribution is 6.30. The van der Waals surface area contributed by atoms with E-state index in [-0.39, 0.29) is 29.5 Å². The van der Waals surface area contributed by atoms with Crippen LogP contribution in [-0.4, -0.2) is 66.1 Å². The van der Waals surface area contributed by atoms with Crippen molar-refractivity contribution in [3.8, 4) is 11.8 Å². The van der Waals surface area contributed by atoms with E-state index >= 15 is 0 Å². The maximum absolute atomic E-state index is 13.7. The molecule has 0 radical (unpaired) electrons. The molecular weight excluding hydrogens is 533 g/mol. The molecule has 1 aromatic heterocycles. The van der Waals surface area contributed by atoms with Gasteiger partial charge in [0.15, 0.2) is 0 Å². The summed E-state index contributed by atoms with van der Waals surface area (Å²) in [7, 11) is 1.66. The number of pyridine rings is 1. The molecule has 40 heavy (non-hydrogen) atoms. The molecule has 0 bridgehead atoms. The van der Waals surface area contributed by atoms with Gasteiger partial charge in [0.25, 0.3) is 0 Å². The first kappa shape index (κ1) is 27.4. The Kier molecular flexibility index (Phi) is 8.17. The Balaban J connectivity index is 1.28. The van der Waals surface area contributed by atoms with Gasteiger partial charge in [-0.25, -0.2) is 14.2 Å². The van der Waals surface area contributed by atoms with Crippen LogP contribution in [0.3, 0.4) is 0 Å². The molecule has 206 valence electrons. The Morgan fingerprint density at radius 2 is 1.75 bits per heavy atom. The Morgan fingerprint density at radius 1 is 1.05 bits per heavy atom. The van der Waals surface area contributed by atoms with E-state index in [0.29, 0.717) is 49.7 Å². The number of carbonyl (C=O) groups is 2. The van der Waals surface area contributed by atoms with Crippen LogP contribution in [0, 0.1) is 23.1 Å². The molecule has 8 nitrogen and oxygen atoms in total. The van der Waals surface area contributed by atoms with Crippen molar-refractivity contribution >= 4 is 29.4 Å². The molecule has 10 heteroatoms. The molecule has 3 heterocycles. The molecule has 2 aromatic carbocycles. The Hall–Kier alpha value is -4.16. The molecule has 0 aliphatic carbocycles. The molecular formula is C30H29ClFN5O3. The summed E-state index contributed by atoms with van der Waals surface area (Å²) >= 11 is 6.12. The minimum atomic E-state index is -0.578. The van der Waals surface area contributed by atoms with Crippen LogP contribution in [0.25, 0.3) is 0 Å². The number of halogens is 2. The third-order valence-electron chi connectivity index (χ3n) is 7.72. The molecule has 2 atom stereocenters. The Morgan fingerprint density at radius 3 is 2.42 bits per heavy atom. The number of piperidine rings is 1. The van der Waals surface area contributed by atoms with Crippen LogP contribution in [0.4, 0.5) is 15.0 Å². The first-order valence-electron chi connectivity index (χ1n) is 13.2. The van der Waals surface area contributed by atoms with Crippen LogP contribution in [0.15, 0.2) is 66.7 Å². The average Bonchev–Trinajstić information content (AvgIpc) is 3.43. The Bertz CT molecular complexity index is 1400. The zero-order valence-electron chi connectivity index (χ0n) is 22.0. The lowest BCUT2D eigenvalue weighted by Gasteiger charge is -2.34. The molecule has 0 saturated carbocycles. The summed E-state index contributed by atoms with van der Waals surface area (Å²) in [4.78, 5) is 36.6. The molecule has 2 fully saturated rings. The molecule has 2 aliphatic heterocycles. The van der Waals surface area contributed by atoms with Crippen LogP contribution >= 0.6 is 11.6 Å². The van der Waals surface area contributed by atoms with E-state index in [1.165, 1.54) is 29.2 Å². The highest BCUT2D eigenvalue weighted by Gasteiger charge is 2.42. The minimum Gasteiger partial charge on any atom is -0.410 e. The van der Waals surface area contributed by atoms with Gasteiger partial charge in [-0.15, -0.1) is 0 Å². The van der Waals surface area contributed by atoms with Crippen LogP contribution < -0.4 is 9.64 Å². The van der Waals surface area contributed by atoms with Crippen molar-refractivity contribution in [2.75, 3.05) is 38.1 Å². The van der Waals surface area contributed by atoms with E-state index in [1.807, 2.05) is 29.2 Å². The standard InChI is InChI=1S/C30H29ClFN5O3/c1-35(30(39)40-25-11-9-23(32)10-12-25)27-19-37(18-26(27)20-5-7-22(31)8-6-20)29(38)21-13-15-36(16-14-21)28-4-2-3-24(17-33)34-28/h2-12,21,26-27H,13-16,18-19H2,1H3/t26-,27+/m0/s1. The summed E-state index contributed by atoms with van der Waals surface area (Å²) in [5, 5.41) is 9.77. The smallest absolute Gasteiger partial charge is 0.410 e. The number of carbonyl (C=O) groups excluding carboxylic acids is 2. The SMILES string of the molecule is CN(C(=O)Oc1ccc(F)cc1)[C@@H]1CN(C(=O)C2CCN(c3cccc(C#N)n3)CC2)C[C@H]1c1ccc(Cl)cc1. The zero-order chi connectivity index (χ0) is 28.2. The molecule has 0 N–H and O–H groups in total. The number of benzene rings is 2. The number of ether oxygens (including phenoxy) is 1. The lowest BCUT2D eigenvalue weighted by Crippen LogP contribution is -2.45. The molecule has 2 aliphatic rings. The van der Waals surface area contributed by atoms with Crippen molar-refractivity contribution < 1.29 is 18.7 Å². The summed E-state index contributed by atoms with van der Waals surface area (Å²) in [6, 6.07) is 19.9. The number of anilines is 1. The van der Waals surface area contributed by atoms with Crippen LogP contribution in [0.5, 0.6) is 5.75 Å². The van der Waals surface area contributed by atoms with Gasteiger partial charge < -0.3 is 19.4 Å². The van der Waals surface area contributed by atoms with Gasteiger partial charge in [-0.2, -0.15) is 5.26 Å². The molecule has 3 aromatic rings. The second-order valence-electron chi connectivity index (χ2n) is 10.2. The van der Waals surface area contributed by atoms with E-state index in [2.05, 4.69) is 16.0 Å². The van der Waals surface area contributed by atoms with Gasteiger partial charge in [0.2, 0.25) is 5.91 Å². The van der Waals surface area contributed by atoms with Gasteiger partial charge in [0.1, 0.15) is 29.1 Å². The predicted molar refractivity (Wildman–Crippen MR) is 149 cm³/mol. The first-order chi connectivity index (χ1) is 19.3. The second kappa shape index (κ2) is 11.9. The van der Waals surface area contributed by atoms with Gasteiger partial charge in [-0.3, -0.25) is 4.79 Å². The van der Waals surface area contributed by atoms with Crippen LogP contribution in [-0.2, 0) is 4.79 Å². The number of hydrogen-bond acceptors (Lipinski definition) is 6. The fourth-order valence-corrected chi connectivity index (χ4v) is 5.61. The van der Waals surface area contributed by atoms with Crippen molar-refractivity contribution in [2.24, 2.45) is 5.92 Å². The highest BCUT2D eigenvalue weighted by Crippen LogP contribution is 2.34. The maximum atomic E-state index is 13.7. The average molecular weight is 562 g/mol. The number of hydrogen-bond donors (Lipinski definition) is 0. The van der Waals surface area contributed by atoms with Crippen LogP contribution in [0.2, 0.25) is 5.02 Å². The lowest BCUT2D eigenvalue weighted by molar-refractivity contribution is -0.135. The minimum absolute atomic E-state index is 0.0696. The van der Waals surface area contributed by atoms with Crippen LogP contribution in [0.1, 0.15) is 30.0 Å². The molecule has 0 unspecified atom stereocenters. The summed E-state index contributed by atoms with van der Waals surface area (Å²) in [5.74, 6) is 0.365. The fraction of sp³-hybridized carbons (Fsp3) is 0.333. The van der Waals surface area contributed by atoms with Gasteiger partial charge in [-0.1, -0.05) is 29.8 Å². The topological polar surface area (TPSA) is 89.8 Å². The number of aromatic nitrogens is 1. The van der Waals surface area contributed by atoms with Crippen molar-refractivity contribution in [1.82, 2.24) is 14.8 Å². The van der Waals surface area contributed by atoms with E-state index in [9.17, 15) is 14.0 Å². The van der Waals surface area contributed by atoms with Gasteiger partial charge >= 0.3 is 6.09 Å². The number of amides is 2. The largest absolute Gasteiger partial charge is 0.415 e. The number of likely N-dealkylation sites (tertiary alicyclic amines) is 1. The fourth-order valence-electron chi connectivity index (χ4n) is 5.48. The monoisotopic (exact) mass is 561 g/mol. The summed E-state index contributed by atoms with van der Waals surface area (Å²) < 4.78 is 18.8. The summed E-state index contributed by atoms with van der Waals surface area (Å²) in [6.07, 6.45) is 0.768. The normalized spacial score (nSPS) is 19.2. The van der Waals surface area contributed by atoms with Crippen molar-refractivity contribution in [3.05, 3.63) is 88.8 Å². The summed E-state index contributed by atoms with van der Waals surface area (Å²) in [5.41, 5.74) is 1.35. The number of nitriles is 1. The molecule has 0 spiro atoms. The highest BCUT2D eigenvalue weighted by atomic mass is 35.5. The molecule has 2 amide bonds. The van der Waals surface area contributed by atoms with Gasteiger partial charge in [0.05, 0.1) is 6.04 Å². The number of rotatable bonds is 5. The van der Waals surface area contributed by atoms with Crippen molar-refractivity contribution in [3.63, 3.8) is 0 Å². The van der Waals surface area contributed by atoms with Gasteiger partial charge in [0, 0.05) is 50.1 Å². The quantitative estimate of drug-likeness (QED) is 0.431. The number of likely N-dealkylation sites (N-methyl/N-ethyl adjacent to an activating group) is 1.